The monoisotopic (exact) mass is 392 g/mol. The first kappa shape index (κ1) is 20.6. The van der Waals surface area contributed by atoms with Crippen molar-refractivity contribution < 1.29 is 14.3 Å². The number of para-hydroxylation sites is 1. The first-order chi connectivity index (χ1) is 14.0. The summed E-state index contributed by atoms with van der Waals surface area (Å²) in [6, 6.07) is 17.3. The van der Waals surface area contributed by atoms with Crippen LogP contribution in [0.1, 0.15) is 50.3 Å². The molecule has 3 rings (SSSR count). The second kappa shape index (κ2) is 9.92. The quantitative estimate of drug-likeness (QED) is 0.519. The Morgan fingerprint density at radius 2 is 1.76 bits per heavy atom. The number of benzene rings is 2. The molecule has 0 fully saturated rings. The molecule has 3 aromatic rings. The van der Waals surface area contributed by atoms with Crippen molar-refractivity contribution in [1.29, 1.82) is 0 Å². The maximum absolute atomic E-state index is 12.6. The number of hydrogen-bond donors (Lipinski definition) is 2. The summed E-state index contributed by atoms with van der Waals surface area (Å²) in [7, 11) is 0. The molecule has 1 heterocycles. The van der Waals surface area contributed by atoms with E-state index in [4.69, 9.17) is 4.74 Å². The van der Waals surface area contributed by atoms with Gasteiger partial charge in [-0.15, -0.1) is 0 Å². The van der Waals surface area contributed by atoms with Gasteiger partial charge in [-0.1, -0.05) is 48.5 Å². The maximum Gasteiger partial charge on any atom is 0.308 e. The van der Waals surface area contributed by atoms with Crippen molar-refractivity contribution in [3.8, 4) is 0 Å². The van der Waals surface area contributed by atoms with Crippen LogP contribution >= 0.6 is 0 Å². The van der Waals surface area contributed by atoms with Gasteiger partial charge < -0.3 is 15.0 Å². The Hall–Kier alpha value is -3.08. The highest BCUT2D eigenvalue weighted by Crippen LogP contribution is 2.21. The van der Waals surface area contributed by atoms with Crippen LogP contribution in [0.5, 0.6) is 0 Å². The van der Waals surface area contributed by atoms with Crippen LogP contribution in [0.2, 0.25) is 0 Å². The van der Waals surface area contributed by atoms with Crippen molar-refractivity contribution in [2.45, 2.75) is 51.7 Å². The Kier molecular flexibility index (Phi) is 7.06. The largest absolute Gasteiger partial charge is 0.463 e. The number of fused-ring (bicyclic) bond motifs is 1. The fourth-order valence-electron chi connectivity index (χ4n) is 3.46. The van der Waals surface area contributed by atoms with Gasteiger partial charge in [0.2, 0.25) is 5.91 Å². The van der Waals surface area contributed by atoms with E-state index in [0.29, 0.717) is 6.42 Å². The average Bonchev–Trinajstić information content (AvgIpc) is 3.11. The van der Waals surface area contributed by atoms with Gasteiger partial charge in [0.05, 0.1) is 18.6 Å². The molecule has 2 N–H and O–H groups in total. The van der Waals surface area contributed by atoms with Crippen molar-refractivity contribution in [3.63, 3.8) is 0 Å². The molecular formula is C24H28N2O3. The van der Waals surface area contributed by atoms with Crippen LogP contribution in [0.3, 0.4) is 0 Å². The summed E-state index contributed by atoms with van der Waals surface area (Å²) in [5, 5.41) is 4.21. The van der Waals surface area contributed by atoms with Gasteiger partial charge in [0, 0.05) is 23.5 Å². The maximum atomic E-state index is 12.6. The third-order valence-electron chi connectivity index (χ3n) is 4.80. The average molecular weight is 392 g/mol. The lowest BCUT2D eigenvalue weighted by molar-refractivity contribution is -0.148. The highest BCUT2D eigenvalue weighted by molar-refractivity contribution is 5.83. The molecule has 152 valence electrons. The van der Waals surface area contributed by atoms with Gasteiger partial charge in [-0.25, -0.2) is 0 Å². The van der Waals surface area contributed by atoms with Gasteiger partial charge in [-0.2, -0.15) is 0 Å². The SMILES string of the molecule is CC(C)OC(=O)CC(NC(=O)CCCc1c[nH]c2ccccc12)c1ccccc1. The van der Waals surface area contributed by atoms with Crippen LogP contribution in [0.4, 0.5) is 0 Å². The number of aromatic amines is 1. The van der Waals surface area contributed by atoms with Crippen LogP contribution in [-0.2, 0) is 20.7 Å². The number of esters is 1. The minimum absolute atomic E-state index is 0.0592. The predicted molar refractivity (Wildman–Crippen MR) is 114 cm³/mol. The number of ether oxygens (including phenoxy) is 1. The van der Waals surface area contributed by atoms with Gasteiger partial charge in [0.1, 0.15) is 0 Å². The zero-order chi connectivity index (χ0) is 20.6. The number of hydrogen-bond acceptors (Lipinski definition) is 3. The summed E-state index contributed by atoms with van der Waals surface area (Å²) in [6.45, 7) is 3.64. The summed E-state index contributed by atoms with van der Waals surface area (Å²) in [5.74, 6) is -0.371. The Morgan fingerprint density at radius 3 is 2.52 bits per heavy atom. The second-order valence-corrected chi connectivity index (χ2v) is 7.49. The number of carbonyl (C=O) groups excluding carboxylic acids is 2. The summed E-state index contributed by atoms with van der Waals surface area (Å²) < 4.78 is 5.26. The molecule has 0 saturated heterocycles. The minimum atomic E-state index is -0.386. The number of aromatic nitrogens is 1. The summed E-state index contributed by atoms with van der Waals surface area (Å²) in [4.78, 5) is 28.0. The lowest BCUT2D eigenvalue weighted by atomic mass is 10.0. The second-order valence-electron chi connectivity index (χ2n) is 7.49. The zero-order valence-corrected chi connectivity index (χ0v) is 17.0. The first-order valence-electron chi connectivity index (χ1n) is 10.1. The van der Waals surface area contributed by atoms with Crippen LogP contribution < -0.4 is 5.32 Å². The molecule has 0 radical (unpaired) electrons. The van der Waals surface area contributed by atoms with Crippen molar-refractivity contribution in [1.82, 2.24) is 10.3 Å². The van der Waals surface area contributed by atoms with Crippen LogP contribution in [-0.4, -0.2) is 23.0 Å². The number of amides is 1. The predicted octanol–water partition coefficient (Wildman–Crippen LogP) is 4.69. The molecule has 1 atom stereocenters. The van der Waals surface area contributed by atoms with Crippen molar-refractivity contribution in [3.05, 3.63) is 71.9 Å². The molecule has 5 heteroatoms. The molecule has 0 aliphatic heterocycles. The molecule has 0 spiro atoms. The Balaban J connectivity index is 1.57. The molecule has 1 aromatic heterocycles. The molecule has 0 saturated carbocycles. The normalized spacial score (nSPS) is 12.1. The van der Waals surface area contributed by atoms with E-state index >= 15 is 0 Å². The van der Waals surface area contributed by atoms with Gasteiger partial charge >= 0.3 is 5.97 Å². The molecular weight excluding hydrogens is 364 g/mol. The molecule has 0 aliphatic rings. The topological polar surface area (TPSA) is 71.2 Å². The molecule has 0 bridgehead atoms. The standard InChI is InChI=1S/C24H28N2O3/c1-17(2)29-24(28)15-22(18-9-4-3-5-10-18)26-23(27)14-8-11-19-16-25-21-13-7-6-12-20(19)21/h3-7,9-10,12-13,16-17,22,25H,8,11,14-15H2,1-2H3,(H,26,27). The molecule has 0 aliphatic carbocycles. The van der Waals surface area contributed by atoms with Gasteiger partial charge in [0.25, 0.3) is 0 Å². The molecule has 1 amide bonds. The fraction of sp³-hybridized carbons (Fsp3) is 0.333. The summed E-state index contributed by atoms with van der Waals surface area (Å²) in [6.07, 6.45) is 3.93. The van der Waals surface area contributed by atoms with E-state index in [9.17, 15) is 9.59 Å². The van der Waals surface area contributed by atoms with Gasteiger partial charge in [-0.05, 0) is 43.9 Å². The Bertz CT molecular complexity index is 947. The third kappa shape index (κ3) is 5.95. The number of carbonyl (C=O) groups is 2. The molecule has 29 heavy (non-hydrogen) atoms. The van der Waals surface area contributed by atoms with Crippen LogP contribution in [0.15, 0.2) is 60.8 Å². The number of H-pyrrole nitrogens is 1. The smallest absolute Gasteiger partial charge is 0.308 e. The molecule has 1 unspecified atom stereocenters. The van der Waals surface area contributed by atoms with E-state index < -0.39 is 0 Å². The van der Waals surface area contributed by atoms with E-state index in [1.165, 1.54) is 10.9 Å². The van der Waals surface area contributed by atoms with Crippen LogP contribution in [0, 0.1) is 0 Å². The Labute approximate surface area is 171 Å². The van der Waals surface area contributed by atoms with Gasteiger partial charge in [0.15, 0.2) is 0 Å². The van der Waals surface area contributed by atoms with E-state index in [0.717, 1.165) is 23.9 Å². The van der Waals surface area contributed by atoms with E-state index in [1.807, 2.05) is 68.6 Å². The van der Waals surface area contributed by atoms with Crippen molar-refractivity contribution in [2.75, 3.05) is 0 Å². The van der Waals surface area contributed by atoms with Crippen LogP contribution in [0.25, 0.3) is 10.9 Å². The first-order valence-corrected chi connectivity index (χ1v) is 10.1. The van der Waals surface area contributed by atoms with E-state index in [1.54, 1.807) is 0 Å². The van der Waals surface area contributed by atoms with E-state index in [-0.39, 0.29) is 30.4 Å². The molecule has 2 aromatic carbocycles. The van der Waals surface area contributed by atoms with Crippen molar-refractivity contribution >= 4 is 22.8 Å². The van der Waals surface area contributed by atoms with E-state index in [2.05, 4.69) is 16.4 Å². The zero-order valence-electron chi connectivity index (χ0n) is 17.0. The summed E-state index contributed by atoms with van der Waals surface area (Å²) >= 11 is 0. The highest BCUT2D eigenvalue weighted by atomic mass is 16.5. The highest BCUT2D eigenvalue weighted by Gasteiger charge is 2.20. The summed E-state index contributed by atoms with van der Waals surface area (Å²) in [5.41, 5.74) is 3.23. The number of rotatable bonds is 9. The van der Waals surface area contributed by atoms with Gasteiger partial charge in [-0.3, -0.25) is 9.59 Å². The lowest BCUT2D eigenvalue weighted by Gasteiger charge is -2.19. The number of aryl methyl sites for hydroxylation is 1. The molecule has 5 nitrogen and oxygen atoms in total. The third-order valence-corrected chi connectivity index (χ3v) is 4.80. The lowest BCUT2D eigenvalue weighted by Crippen LogP contribution is -2.31. The minimum Gasteiger partial charge on any atom is -0.463 e. The Morgan fingerprint density at radius 1 is 1.03 bits per heavy atom. The fourth-order valence-corrected chi connectivity index (χ4v) is 3.46. The number of nitrogens with one attached hydrogen (secondary N) is 2. The van der Waals surface area contributed by atoms with Crippen molar-refractivity contribution in [2.24, 2.45) is 0 Å².